The van der Waals surface area contributed by atoms with Gasteiger partial charge in [0, 0.05) is 32.4 Å². The summed E-state index contributed by atoms with van der Waals surface area (Å²) in [5, 5.41) is 12.9. The highest BCUT2D eigenvalue weighted by Gasteiger charge is 2.19. The maximum absolute atomic E-state index is 12.1. The minimum Gasteiger partial charge on any atom is -0.390 e. The van der Waals surface area contributed by atoms with E-state index in [-0.39, 0.29) is 18.2 Å². The zero-order valence-electron chi connectivity index (χ0n) is 14.4. The summed E-state index contributed by atoms with van der Waals surface area (Å²) >= 11 is 0. The van der Waals surface area contributed by atoms with Crippen LogP contribution >= 0.6 is 0 Å². The summed E-state index contributed by atoms with van der Waals surface area (Å²) in [6.07, 6.45) is 6.40. The number of aliphatic imine (C=N–C) groups is 1. The Balaban J connectivity index is 1.82. The molecule has 2 rings (SSSR count). The zero-order chi connectivity index (χ0) is 18.1. The first-order valence-electron chi connectivity index (χ1n) is 8.37. The van der Waals surface area contributed by atoms with E-state index in [1.54, 1.807) is 18.2 Å². The van der Waals surface area contributed by atoms with Crippen LogP contribution in [0.4, 0.5) is 0 Å². The topological polar surface area (TPSA) is 64.9 Å². The molecule has 1 unspecified atom stereocenters. The molecule has 1 amide bonds. The fourth-order valence-corrected chi connectivity index (χ4v) is 2.81. The number of hydrogen-bond donors (Lipinski definition) is 2. The molecule has 0 fully saturated rings. The molecule has 0 radical (unpaired) electrons. The van der Waals surface area contributed by atoms with Crippen molar-refractivity contribution in [3.63, 3.8) is 0 Å². The number of allylic oxidation sites excluding steroid dienone is 2. The minimum absolute atomic E-state index is 0.176. The molecule has 5 nitrogen and oxygen atoms in total. The van der Waals surface area contributed by atoms with E-state index in [0.29, 0.717) is 6.54 Å². The van der Waals surface area contributed by atoms with E-state index >= 15 is 0 Å². The SMILES string of the molecule is C=C/C=C\C(=N/C=C)C(=O)NCC(O)CN1CCc2ccccc2C1. The summed E-state index contributed by atoms with van der Waals surface area (Å²) in [4.78, 5) is 18.2. The van der Waals surface area contributed by atoms with Gasteiger partial charge in [0.25, 0.3) is 5.91 Å². The van der Waals surface area contributed by atoms with Crippen molar-refractivity contribution in [1.82, 2.24) is 10.2 Å². The Kier molecular flexibility index (Phi) is 7.32. The number of carbonyl (C=O) groups is 1. The first kappa shape index (κ1) is 18.8. The molecule has 1 atom stereocenters. The molecule has 0 saturated heterocycles. The van der Waals surface area contributed by atoms with Gasteiger partial charge in [-0.3, -0.25) is 14.7 Å². The molecule has 1 aromatic carbocycles. The van der Waals surface area contributed by atoms with Crippen LogP contribution in [0.5, 0.6) is 0 Å². The molecular weight excluding hydrogens is 314 g/mol. The van der Waals surface area contributed by atoms with Crippen LogP contribution in [-0.4, -0.2) is 47.4 Å². The number of amides is 1. The number of hydrogen-bond acceptors (Lipinski definition) is 4. The number of rotatable bonds is 8. The number of fused-ring (bicyclic) bond motifs is 1. The predicted molar refractivity (Wildman–Crippen MR) is 101 cm³/mol. The second-order valence-corrected chi connectivity index (χ2v) is 5.91. The van der Waals surface area contributed by atoms with Crippen molar-refractivity contribution in [2.75, 3.05) is 19.6 Å². The van der Waals surface area contributed by atoms with Crippen molar-refractivity contribution in [1.29, 1.82) is 0 Å². The fraction of sp³-hybridized carbons (Fsp3) is 0.300. The van der Waals surface area contributed by atoms with Crippen LogP contribution < -0.4 is 5.32 Å². The summed E-state index contributed by atoms with van der Waals surface area (Å²) in [5.41, 5.74) is 2.91. The zero-order valence-corrected chi connectivity index (χ0v) is 14.4. The average Bonchev–Trinajstić information content (AvgIpc) is 2.63. The quantitative estimate of drug-likeness (QED) is 0.561. The number of aliphatic hydroxyl groups is 1. The van der Waals surface area contributed by atoms with E-state index < -0.39 is 6.10 Å². The van der Waals surface area contributed by atoms with Crippen LogP contribution in [0.1, 0.15) is 11.1 Å². The minimum atomic E-state index is -0.637. The molecule has 0 bridgehead atoms. The Morgan fingerprint density at radius 3 is 2.84 bits per heavy atom. The molecule has 25 heavy (non-hydrogen) atoms. The number of nitrogens with one attached hydrogen (secondary N) is 1. The molecule has 0 aromatic heterocycles. The molecule has 1 aliphatic heterocycles. The fourth-order valence-electron chi connectivity index (χ4n) is 2.81. The van der Waals surface area contributed by atoms with E-state index in [1.165, 1.54) is 17.3 Å². The molecule has 132 valence electrons. The van der Waals surface area contributed by atoms with Crippen LogP contribution in [0.15, 0.2) is 66.8 Å². The monoisotopic (exact) mass is 339 g/mol. The van der Waals surface area contributed by atoms with Crippen molar-refractivity contribution in [2.45, 2.75) is 19.1 Å². The molecule has 1 aliphatic rings. The van der Waals surface area contributed by atoms with E-state index in [2.05, 4.69) is 46.6 Å². The van der Waals surface area contributed by atoms with Crippen molar-refractivity contribution >= 4 is 11.6 Å². The van der Waals surface area contributed by atoms with Crippen molar-refractivity contribution in [3.8, 4) is 0 Å². The van der Waals surface area contributed by atoms with Crippen LogP contribution in [0.25, 0.3) is 0 Å². The third kappa shape index (κ3) is 5.81. The lowest BCUT2D eigenvalue weighted by atomic mass is 10.00. The lowest BCUT2D eigenvalue weighted by Gasteiger charge is -2.30. The smallest absolute Gasteiger partial charge is 0.269 e. The highest BCUT2D eigenvalue weighted by atomic mass is 16.3. The van der Waals surface area contributed by atoms with Gasteiger partial charge in [0.1, 0.15) is 5.71 Å². The van der Waals surface area contributed by atoms with Crippen LogP contribution in [0.2, 0.25) is 0 Å². The molecule has 5 heteroatoms. The summed E-state index contributed by atoms with van der Waals surface area (Å²) in [5.74, 6) is -0.346. The Labute approximate surface area is 149 Å². The molecule has 1 aromatic rings. The van der Waals surface area contributed by atoms with Crippen LogP contribution in [0.3, 0.4) is 0 Å². The molecule has 1 heterocycles. The highest BCUT2D eigenvalue weighted by Crippen LogP contribution is 2.18. The normalized spacial score (nSPS) is 16.3. The Morgan fingerprint density at radius 1 is 1.36 bits per heavy atom. The third-order valence-electron chi connectivity index (χ3n) is 4.03. The summed E-state index contributed by atoms with van der Waals surface area (Å²) in [6.45, 7) is 9.49. The molecule has 0 saturated carbocycles. The van der Waals surface area contributed by atoms with Crippen molar-refractivity contribution in [3.05, 3.63) is 73.0 Å². The summed E-state index contributed by atoms with van der Waals surface area (Å²) < 4.78 is 0. The largest absolute Gasteiger partial charge is 0.390 e. The number of aliphatic hydroxyl groups excluding tert-OH is 1. The van der Waals surface area contributed by atoms with Crippen LogP contribution in [0, 0.1) is 0 Å². The number of benzene rings is 1. The van der Waals surface area contributed by atoms with E-state index in [4.69, 9.17) is 0 Å². The third-order valence-corrected chi connectivity index (χ3v) is 4.03. The van der Waals surface area contributed by atoms with Gasteiger partial charge in [-0.15, -0.1) is 0 Å². The van der Waals surface area contributed by atoms with E-state index in [1.807, 2.05) is 6.07 Å². The number of carbonyl (C=O) groups excluding carboxylic acids is 1. The van der Waals surface area contributed by atoms with Gasteiger partial charge in [0.15, 0.2) is 0 Å². The van der Waals surface area contributed by atoms with Crippen molar-refractivity contribution < 1.29 is 9.90 Å². The van der Waals surface area contributed by atoms with Gasteiger partial charge in [-0.2, -0.15) is 0 Å². The predicted octanol–water partition coefficient (Wildman–Crippen LogP) is 1.85. The van der Waals surface area contributed by atoms with Gasteiger partial charge in [-0.25, -0.2) is 0 Å². The van der Waals surface area contributed by atoms with Gasteiger partial charge in [-0.05, 0) is 23.6 Å². The summed E-state index contributed by atoms with van der Waals surface area (Å²) in [6, 6.07) is 8.37. The van der Waals surface area contributed by atoms with Crippen molar-refractivity contribution in [2.24, 2.45) is 4.99 Å². The van der Waals surface area contributed by atoms with Gasteiger partial charge >= 0.3 is 0 Å². The average molecular weight is 339 g/mol. The molecular formula is C20H25N3O2. The number of β-amino-alcohol motifs (C(OH)–C–C–N with tert-alkyl or cyclic N) is 1. The Bertz CT molecular complexity index is 679. The van der Waals surface area contributed by atoms with Gasteiger partial charge in [0.2, 0.25) is 0 Å². The standard InChI is InChI=1S/C20H25N3O2/c1-3-5-10-19(21-4-2)20(25)22-13-18(24)15-23-12-11-16-8-6-7-9-17(16)14-23/h3-10,18,24H,1-2,11-15H2,(H,22,25)/b10-5-,21-19+. The maximum Gasteiger partial charge on any atom is 0.269 e. The molecule has 0 aliphatic carbocycles. The first-order valence-corrected chi connectivity index (χ1v) is 8.37. The van der Waals surface area contributed by atoms with E-state index in [0.717, 1.165) is 19.5 Å². The van der Waals surface area contributed by atoms with Crippen LogP contribution in [-0.2, 0) is 17.8 Å². The van der Waals surface area contributed by atoms with Gasteiger partial charge in [0.05, 0.1) is 6.10 Å². The lowest BCUT2D eigenvalue weighted by Crippen LogP contribution is -2.43. The van der Waals surface area contributed by atoms with E-state index in [9.17, 15) is 9.90 Å². The summed E-state index contributed by atoms with van der Waals surface area (Å²) in [7, 11) is 0. The van der Waals surface area contributed by atoms with Gasteiger partial charge < -0.3 is 10.4 Å². The molecule has 0 spiro atoms. The first-order chi connectivity index (χ1) is 12.1. The highest BCUT2D eigenvalue weighted by molar-refractivity contribution is 6.43. The number of nitrogens with zero attached hydrogens (tertiary/aromatic N) is 2. The lowest BCUT2D eigenvalue weighted by molar-refractivity contribution is -0.115. The Morgan fingerprint density at radius 2 is 2.12 bits per heavy atom. The Hall–Kier alpha value is -2.50. The second kappa shape index (κ2) is 9.71. The maximum atomic E-state index is 12.1. The molecule has 2 N–H and O–H groups in total. The van der Waals surface area contributed by atoms with Gasteiger partial charge in [-0.1, -0.05) is 49.6 Å². The second-order valence-electron chi connectivity index (χ2n) is 5.91.